The van der Waals surface area contributed by atoms with Crippen molar-refractivity contribution in [1.29, 1.82) is 0 Å². The van der Waals surface area contributed by atoms with Gasteiger partial charge in [-0.3, -0.25) is 9.67 Å². The molecule has 176 valence electrons. The van der Waals surface area contributed by atoms with E-state index in [0.29, 0.717) is 0 Å². The smallest absolute Gasteiger partial charge is 0.123 e. The van der Waals surface area contributed by atoms with E-state index in [1.807, 2.05) is 30.9 Å². The molecule has 2 N–H and O–H groups in total. The minimum atomic E-state index is -4.55. The van der Waals surface area contributed by atoms with Crippen molar-refractivity contribution in [3.05, 3.63) is 91.1 Å². The zero-order valence-electron chi connectivity index (χ0n) is 18.3. The Kier molecular flexibility index (Phi) is 8.50. The first-order chi connectivity index (χ1) is 16.3. The van der Waals surface area contributed by atoms with Gasteiger partial charge in [-0.2, -0.15) is 5.10 Å². The molecule has 4 rings (SSSR count). The van der Waals surface area contributed by atoms with Crippen LogP contribution in [0.2, 0.25) is 0 Å². The van der Waals surface area contributed by atoms with E-state index in [-0.39, 0.29) is 10.2 Å². The van der Waals surface area contributed by atoms with E-state index < -0.39 is 20.1 Å². The van der Waals surface area contributed by atoms with Crippen LogP contribution in [0.5, 0.6) is 0 Å². The zero-order chi connectivity index (χ0) is 24.6. The van der Waals surface area contributed by atoms with E-state index in [0.717, 1.165) is 22.4 Å². The predicted octanol–water partition coefficient (Wildman–Crippen LogP) is 3.11. The van der Waals surface area contributed by atoms with Crippen LogP contribution in [0.1, 0.15) is 6.92 Å². The normalized spacial score (nSPS) is 12.2. The van der Waals surface area contributed by atoms with Crippen molar-refractivity contribution < 1.29 is 25.9 Å². The van der Waals surface area contributed by atoms with Crippen molar-refractivity contribution in [2.75, 3.05) is 0 Å². The van der Waals surface area contributed by atoms with Crippen LogP contribution in [-0.2, 0) is 23.3 Å². The van der Waals surface area contributed by atoms with Crippen molar-refractivity contribution >= 4 is 24.4 Å². The van der Waals surface area contributed by atoms with E-state index in [1.54, 1.807) is 47.4 Å². The minimum Gasteiger partial charge on any atom is -0.275 e. The first kappa shape index (κ1) is 25.1. The Bertz CT molecular complexity index is 1270. The molecule has 0 fully saturated rings. The molecule has 0 bridgehead atoms. The molecule has 2 heterocycles. The predicted molar refractivity (Wildman–Crippen MR) is 123 cm³/mol. The number of benzene rings is 2. The average Bonchev–Trinajstić information content (AvgIpc) is 3.26. The largest absolute Gasteiger partial charge is 0.275 e. The fraction of sp³-hybridized carbons (Fsp3) is 0.0870. The van der Waals surface area contributed by atoms with Crippen LogP contribution in [0.3, 0.4) is 0 Å². The monoisotopic (exact) mass is 528 g/mol. The van der Waals surface area contributed by atoms with Gasteiger partial charge in [-0.05, 0) is 42.0 Å². The topological polar surface area (TPSA) is 116 Å². The Morgan fingerprint density at radius 3 is 2.26 bits per heavy atom. The number of halogens is 1. The number of hydroxylamine groups is 1. The summed E-state index contributed by atoms with van der Waals surface area (Å²) in [4.78, 5) is 14.6. The van der Waals surface area contributed by atoms with Gasteiger partial charge in [-0.25, -0.2) is 4.39 Å². The molecule has 2 aromatic heterocycles. The van der Waals surface area contributed by atoms with Crippen LogP contribution in [0, 0.1) is 5.82 Å². The van der Waals surface area contributed by atoms with Crippen LogP contribution < -0.4 is 9.83 Å². The molecular formula is C23H22AsFN4O5. The maximum Gasteiger partial charge on any atom is 0.123 e. The molecule has 1 amide bonds. The molecule has 4 aromatic rings. The third-order valence-electron chi connectivity index (χ3n) is 4.43. The van der Waals surface area contributed by atoms with Gasteiger partial charge in [0.1, 0.15) is 11.5 Å². The van der Waals surface area contributed by atoms with Crippen LogP contribution in [0.4, 0.5) is 4.39 Å². The van der Waals surface area contributed by atoms with Gasteiger partial charge in [0, 0.05) is 36.8 Å². The van der Waals surface area contributed by atoms with Crippen molar-refractivity contribution in [3.63, 3.8) is 0 Å². The molecule has 2 aromatic carbocycles. The first-order valence-corrected chi connectivity index (χ1v) is 13.2. The molecule has 0 saturated carbocycles. The molecule has 1 unspecified atom stereocenters. The SMILES string of the molecule is CC(=O)NO[As](=O)(OO)c1ccccc1.Cn1cc(-c2ccncc2)c(-c2ccc(F)cc2)n1. The Morgan fingerprint density at radius 1 is 1.03 bits per heavy atom. The first-order valence-electron chi connectivity index (χ1n) is 9.96. The van der Waals surface area contributed by atoms with E-state index >= 15 is 0 Å². The van der Waals surface area contributed by atoms with Gasteiger partial charge in [0.25, 0.3) is 0 Å². The number of carbonyl (C=O) groups excluding carboxylic acids is 1. The van der Waals surface area contributed by atoms with Crippen LogP contribution >= 0.6 is 0 Å². The Balaban J connectivity index is 0.000000197. The van der Waals surface area contributed by atoms with E-state index in [1.165, 1.54) is 31.2 Å². The summed E-state index contributed by atoms with van der Waals surface area (Å²) in [6.07, 6.45) is 5.45. The third-order valence-corrected chi connectivity index (χ3v) is 7.53. The Hall–Kier alpha value is -3.56. The molecule has 0 radical (unpaired) electrons. The number of nitrogens with one attached hydrogen (secondary N) is 1. The van der Waals surface area contributed by atoms with Gasteiger partial charge in [-0.1, -0.05) is 0 Å². The van der Waals surface area contributed by atoms with Crippen molar-refractivity contribution in [2.45, 2.75) is 6.92 Å². The molecule has 34 heavy (non-hydrogen) atoms. The van der Waals surface area contributed by atoms with Gasteiger partial charge < -0.3 is 0 Å². The summed E-state index contributed by atoms with van der Waals surface area (Å²) in [5, 5.41) is 13.0. The number of pyridine rings is 1. The molecule has 0 spiro atoms. The van der Waals surface area contributed by atoms with Crippen LogP contribution in [0.25, 0.3) is 22.4 Å². The molecule has 9 nitrogen and oxygen atoms in total. The van der Waals surface area contributed by atoms with E-state index in [9.17, 15) is 12.9 Å². The number of hydrogen-bond acceptors (Lipinski definition) is 7. The summed E-state index contributed by atoms with van der Waals surface area (Å²) in [6, 6.07) is 18.1. The van der Waals surface area contributed by atoms with Crippen molar-refractivity contribution in [3.8, 4) is 22.4 Å². The number of amides is 1. The summed E-state index contributed by atoms with van der Waals surface area (Å²) < 4.78 is 35.2. The standard InChI is InChI=1S/C15H12FN3.C8H10AsNO5/c1-19-10-14(11-6-8-17-9-7-11)15(18-19)12-2-4-13(16)5-3-12;1-7(11)10-14-9(12,15-13)8-5-3-2-4-6-8/h2-10H,1H3;2-6,13H,1H3,(H,10,11). The number of hydrogen-bond donors (Lipinski definition) is 2. The maximum atomic E-state index is 13.0. The van der Waals surface area contributed by atoms with Gasteiger partial charge >= 0.3 is 88.7 Å². The molecule has 11 heteroatoms. The second kappa shape index (κ2) is 11.5. The number of rotatable bonds is 6. The third kappa shape index (κ3) is 6.49. The average molecular weight is 528 g/mol. The van der Waals surface area contributed by atoms with Crippen molar-refractivity contribution in [1.82, 2.24) is 20.2 Å². The number of nitrogens with zero attached hydrogens (tertiary/aromatic N) is 3. The summed E-state index contributed by atoms with van der Waals surface area (Å²) in [7, 11) is 1.87. The van der Waals surface area contributed by atoms with E-state index in [2.05, 4.69) is 17.8 Å². The Morgan fingerprint density at radius 2 is 1.68 bits per heavy atom. The molecule has 1 atom stereocenters. The van der Waals surface area contributed by atoms with Gasteiger partial charge in [0.15, 0.2) is 0 Å². The second-order valence-electron chi connectivity index (χ2n) is 6.97. The molecule has 0 saturated heterocycles. The minimum absolute atomic E-state index is 0.201. The molecule has 0 aliphatic rings. The quantitative estimate of drug-likeness (QED) is 0.225. The summed E-state index contributed by atoms with van der Waals surface area (Å²) in [5.41, 5.74) is 5.67. The second-order valence-corrected chi connectivity index (χ2v) is 10.9. The Labute approximate surface area is 198 Å². The van der Waals surface area contributed by atoms with Crippen molar-refractivity contribution in [2.24, 2.45) is 7.05 Å². The maximum absolute atomic E-state index is 13.0. The number of aromatic nitrogens is 3. The van der Waals surface area contributed by atoms with Crippen LogP contribution in [0.15, 0.2) is 85.3 Å². The fourth-order valence-electron chi connectivity index (χ4n) is 2.90. The fourth-order valence-corrected chi connectivity index (χ4v) is 5.04. The van der Waals surface area contributed by atoms with E-state index in [4.69, 9.17) is 5.26 Å². The molecule has 0 aliphatic heterocycles. The molecule has 0 aliphatic carbocycles. The van der Waals surface area contributed by atoms with Gasteiger partial charge in [0.05, 0.1) is 0 Å². The zero-order valence-corrected chi connectivity index (χ0v) is 20.2. The van der Waals surface area contributed by atoms with Crippen LogP contribution in [-0.4, -0.2) is 40.1 Å². The molecular weight excluding hydrogens is 506 g/mol. The van der Waals surface area contributed by atoms with Gasteiger partial charge in [0.2, 0.25) is 0 Å². The van der Waals surface area contributed by atoms with Gasteiger partial charge in [-0.15, -0.1) is 0 Å². The number of carbonyl (C=O) groups is 1. The summed E-state index contributed by atoms with van der Waals surface area (Å²) >= 11 is -4.55. The summed E-state index contributed by atoms with van der Waals surface area (Å²) in [6.45, 7) is 1.18. The number of aryl methyl sites for hydroxylation is 1. The summed E-state index contributed by atoms with van der Waals surface area (Å²) in [5.74, 6) is -0.783.